The quantitative estimate of drug-likeness (QED) is 0.663. The summed E-state index contributed by atoms with van der Waals surface area (Å²) in [4.78, 5) is 12.1. The second-order valence-corrected chi connectivity index (χ2v) is 3.58. The Labute approximate surface area is 76.9 Å². The van der Waals surface area contributed by atoms with Crippen molar-refractivity contribution in [3.63, 3.8) is 0 Å². The Balaban J connectivity index is 2.73. The first-order chi connectivity index (χ1) is 5.99. The average molecular weight is 189 g/mol. The van der Waals surface area contributed by atoms with E-state index in [0.29, 0.717) is 13.0 Å². The average Bonchev–Trinajstić information content (AvgIpc) is 2.26. The van der Waals surface area contributed by atoms with Crippen LogP contribution in [0.5, 0.6) is 0 Å². The molecule has 1 rings (SSSR count). The zero-order valence-electron chi connectivity index (χ0n) is 7.86. The maximum atomic E-state index is 10.9. The summed E-state index contributed by atoms with van der Waals surface area (Å²) in [6.45, 7) is 3.75. The molecular weight excluding hydrogens is 174 g/mol. The number of amides is 1. The molecule has 1 atom stereocenters. The van der Waals surface area contributed by atoms with Gasteiger partial charge in [-0.3, -0.25) is 4.90 Å². The van der Waals surface area contributed by atoms with Gasteiger partial charge in [-0.2, -0.15) is 0 Å². The summed E-state index contributed by atoms with van der Waals surface area (Å²) in [6, 6.07) is -0.225. The zero-order chi connectivity index (χ0) is 10.1. The molecule has 0 bridgehead atoms. The summed E-state index contributed by atoms with van der Waals surface area (Å²) in [7, 11) is 0. The molecule has 0 aromatic carbocycles. The maximum absolute atomic E-state index is 10.9. The summed E-state index contributed by atoms with van der Waals surface area (Å²) < 4.78 is 5.31. The molecule has 0 aromatic rings. The first-order valence-electron chi connectivity index (χ1n) is 4.26. The lowest BCUT2D eigenvalue weighted by molar-refractivity contribution is -0.0423. The summed E-state index contributed by atoms with van der Waals surface area (Å²) in [5, 5.41) is 17.6. The third kappa shape index (κ3) is 1.92. The Morgan fingerprint density at radius 2 is 2.31 bits per heavy atom. The molecule has 5 heteroatoms. The fourth-order valence-corrected chi connectivity index (χ4v) is 1.63. The van der Waals surface area contributed by atoms with Crippen LogP contribution >= 0.6 is 0 Å². The second-order valence-electron chi connectivity index (χ2n) is 3.58. The van der Waals surface area contributed by atoms with Crippen molar-refractivity contribution >= 4 is 6.09 Å². The van der Waals surface area contributed by atoms with Gasteiger partial charge in [0.25, 0.3) is 0 Å². The molecule has 0 aromatic heterocycles. The molecule has 5 nitrogen and oxygen atoms in total. The number of aliphatic hydroxyl groups is 1. The molecule has 0 unspecified atom stereocenters. The Morgan fingerprint density at radius 1 is 1.69 bits per heavy atom. The highest BCUT2D eigenvalue weighted by molar-refractivity contribution is 5.66. The van der Waals surface area contributed by atoms with Crippen LogP contribution in [0.2, 0.25) is 0 Å². The van der Waals surface area contributed by atoms with E-state index in [1.807, 2.05) is 0 Å². The fourth-order valence-electron chi connectivity index (χ4n) is 1.63. The first kappa shape index (κ1) is 10.3. The summed E-state index contributed by atoms with van der Waals surface area (Å²) in [6.07, 6.45) is -0.573. The van der Waals surface area contributed by atoms with E-state index in [-0.39, 0.29) is 12.6 Å². The molecule has 1 amide bonds. The van der Waals surface area contributed by atoms with Crippen LogP contribution < -0.4 is 0 Å². The normalized spacial score (nSPS) is 26.4. The number of nitrogens with zero attached hydrogens (tertiary/aromatic N) is 1. The molecule has 0 aliphatic carbocycles. The van der Waals surface area contributed by atoms with Crippen molar-refractivity contribution in [2.45, 2.75) is 32.0 Å². The van der Waals surface area contributed by atoms with Crippen LogP contribution in [0, 0.1) is 0 Å². The number of hydrogen-bond donors (Lipinski definition) is 2. The third-order valence-electron chi connectivity index (χ3n) is 2.24. The van der Waals surface area contributed by atoms with Crippen molar-refractivity contribution < 1.29 is 19.7 Å². The van der Waals surface area contributed by atoms with E-state index in [4.69, 9.17) is 14.9 Å². The van der Waals surface area contributed by atoms with Gasteiger partial charge >= 0.3 is 6.09 Å². The van der Waals surface area contributed by atoms with Crippen LogP contribution in [-0.4, -0.2) is 46.2 Å². The van der Waals surface area contributed by atoms with E-state index >= 15 is 0 Å². The predicted molar refractivity (Wildman–Crippen MR) is 45.4 cm³/mol. The molecule has 76 valence electrons. The number of ether oxygens (including phenoxy) is 1. The SMILES string of the molecule is CC1(C)OC[C@H](CCO)N1C(=O)O. The van der Waals surface area contributed by atoms with Crippen molar-refractivity contribution in [2.24, 2.45) is 0 Å². The second kappa shape index (κ2) is 3.51. The molecule has 1 saturated heterocycles. The topological polar surface area (TPSA) is 70.0 Å². The predicted octanol–water partition coefficient (Wildman–Crippen LogP) is 0.484. The van der Waals surface area contributed by atoms with Gasteiger partial charge in [0.05, 0.1) is 12.6 Å². The molecular formula is C8H15NO4. The maximum Gasteiger partial charge on any atom is 0.409 e. The minimum Gasteiger partial charge on any atom is -0.465 e. The molecule has 0 saturated carbocycles. The Hall–Kier alpha value is -0.810. The van der Waals surface area contributed by atoms with Crippen molar-refractivity contribution in [3.8, 4) is 0 Å². The highest BCUT2D eigenvalue weighted by Gasteiger charge is 2.43. The molecule has 2 N–H and O–H groups in total. The zero-order valence-corrected chi connectivity index (χ0v) is 7.86. The molecule has 0 radical (unpaired) electrons. The van der Waals surface area contributed by atoms with Gasteiger partial charge in [0.1, 0.15) is 5.72 Å². The van der Waals surface area contributed by atoms with Gasteiger partial charge in [-0.25, -0.2) is 4.79 Å². The molecule has 0 spiro atoms. The van der Waals surface area contributed by atoms with Crippen molar-refractivity contribution in [1.82, 2.24) is 4.90 Å². The van der Waals surface area contributed by atoms with Gasteiger partial charge in [0.2, 0.25) is 0 Å². The van der Waals surface area contributed by atoms with Crippen LogP contribution in [0.15, 0.2) is 0 Å². The van der Waals surface area contributed by atoms with Crippen LogP contribution in [0.4, 0.5) is 4.79 Å². The Bertz CT molecular complexity index is 204. The van der Waals surface area contributed by atoms with E-state index < -0.39 is 11.8 Å². The van der Waals surface area contributed by atoms with Gasteiger partial charge in [-0.05, 0) is 20.3 Å². The standard InChI is InChI=1S/C8H15NO4/c1-8(2)9(7(11)12)6(3-4-10)5-13-8/h6,10H,3-5H2,1-2H3,(H,11,12)/t6-/m0/s1. The lowest BCUT2D eigenvalue weighted by Gasteiger charge is -2.30. The van der Waals surface area contributed by atoms with E-state index in [1.54, 1.807) is 13.8 Å². The van der Waals surface area contributed by atoms with Crippen LogP contribution in [0.3, 0.4) is 0 Å². The molecule has 1 aliphatic heterocycles. The molecule has 1 heterocycles. The van der Waals surface area contributed by atoms with Gasteiger partial charge in [-0.1, -0.05) is 0 Å². The smallest absolute Gasteiger partial charge is 0.409 e. The number of carbonyl (C=O) groups is 1. The lowest BCUT2D eigenvalue weighted by atomic mass is 10.2. The number of aliphatic hydroxyl groups excluding tert-OH is 1. The largest absolute Gasteiger partial charge is 0.465 e. The molecule has 1 aliphatic rings. The van der Waals surface area contributed by atoms with Crippen molar-refractivity contribution in [3.05, 3.63) is 0 Å². The van der Waals surface area contributed by atoms with Crippen LogP contribution in [-0.2, 0) is 4.74 Å². The van der Waals surface area contributed by atoms with Crippen LogP contribution in [0.1, 0.15) is 20.3 Å². The fraction of sp³-hybridized carbons (Fsp3) is 0.875. The summed E-state index contributed by atoms with van der Waals surface area (Å²) in [5.41, 5.74) is -0.772. The number of rotatable bonds is 2. The van der Waals surface area contributed by atoms with Gasteiger partial charge in [0, 0.05) is 6.61 Å². The minimum atomic E-state index is -0.999. The van der Waals surface area contributed by atoms with Gasteiger partial charge < -0.3 is 14.9 Å². The van der Waals surface area contributed by atoms with Crippen molar-refractivity contribution in [2.75, 3.05) is 13.2 Å². The molecule has 1 fully saturated rings. The highest BCUT2D eigenvalue weighted by atomic mass is 16.5. The molecule has 13 heavy (non-hydrogen) atoms. The van der Waals surface area contributed by atoms with E-state index in [1.165, 1.54) is 4.90 Å². The van der Waals surface area contributed by atoms with E-state index in [0.717, 1.165) is 0 Å². The highest BCUT2D eigenvalue weighted by Crippen LogP contribution is 2.28. The Morgan fingerprint density at radius 3 is 2.77 bits per heavy atom. The minimum absolute atomic E-state index is 0.0200. The van der Waals surface area contributed by atoms with Crippen molar-refractivity contribution in [1.29, 1.82) is 0 Å². The third-order valence-corrected chi connectivity index (χ3v) is 2.24. The summed E-state index contributed by atoms with van der Waals surface area (Å²) in [5.74, 6) is 0. The monoisotopic (exact) mass is 189 g/mol. The van der Waals surface area contributed by atoms with E-state index in [9.17, 15) is 4.79 Å². The number of carboxylic acid groups (broad SMARTS) is 1. The Kier molecular flexibility index (Phi) is 2.77. The van der Waals surface area contributed by atoms with E-state index in [2.05, 4.69) is 0 Å². The lowest BCUT2D eigenvalue weighted by Crippen LogP contribution is -2.47. The first-order valence-corrected chi connectivity index (χ1v) is 4.26. The number of hydrogen-bond acceptors (Lipinski definition) is 3. The van der Waals surface area contributed by atoms with Crippen LogP contribution in [0.25, 0.3) is 0 Å². The van der Waals surface area contributed by atoms with Gasteiger partial charge in [-0.15, -0.1) is 0 Å². The van der Waals surface area contributed by atoms with Gasteiger partial charge in [0.15, 0.2) is 0 Å². The summed E-state index contributed by atoms with van der Waals surface area (Å²) >= 11 is 0.